The number of fused-ring (bicyclic) bond motifs is 1. The Hall–Kier alpha value is -1.96. The molecule has 0 bridgehead atoms. The molecule has 1 heterocycles. The van der Waals surface area contributed by atoms with Gasteiger partial charge in [-0.3, -0.25) is 4.57 Å². The van der Waals surface area contributed by atoms with Gasteiger partial charge in [0.15, 0.2) is 0 Å². The largest absolute Gasteiger partial charge is 0.467 e. The van der Waals surface area contributed by atoms with Crippen LogP contribution in [0.3, 0.4) is 0 Å². The van der Waals surface area contributed by atoms with Crippen LogP contribution >= 0.6 is 7.60 Å². The molecular formula is C21H32FN2O6P. The zero-order valence-electron chi connectivity index (χ0n) is 18.8. The summed E-state index contributed by atoms with van der Waals surface area (Å²) >= 11 is 0. The van der Waals surface area contributed by atoms with Gasteiger partial charge in [0.25, 0.3) is 0 Å². The molecule has 1 aromatic carbocycles. The van der Waals surface area contributed by atoms with Crippen LogP contribution in [0, 0.1) is 11.7 Å². The lowest BCUT2D eigenvalue weighted by atomic mass is 9.94. The van der Waals surface area contributed by atoms with Crippen LogP contribution in [0.25, 0.3) is 0 Å². The molecule has 31 heavy (non-hydrogen) atoms. The third kappa shape index (κ3) is 6.51. The highest BCUT2D eigenvalue weighted by Crippen LogP contribution is 2.48. The van der Waals surface area contributed by atoms with Crippen molar-refractivity contribution in [2.75, 3.05) is 33.2 Å². The molecule has 1 aliphatic heterocycles. The van der Waals surface area contributed by atoms with Crippen LogP contribution in [0.2, 0.25) is 0 Å². The molecule has 0 N–H and O–H groups in total. The van der Waals surface area contributed by atoms with Gasteiger partial charge in [-0.05, 0) is 43.0 Å². The highest BCUT2D eigenvalue weighted by Gasteiger charge is 2.40. The molecule has 0 saturated heterocycles. The summed E-state index contributed by atoms with van der Waals surface area (Å²) in [6, 6.07) is 2.91. The first-order chi connectivity index (χ1) is 14.6. The van der Waals surface area contributed by atoms with Gasteiger partial charge in [-0.25, -0.2) is 14.0 Å². The Bertz CT molecular complexity index is 824. The number of nitrogens with zero attached hydrogens (tertiary/aromatic N) is 2. The van der Waals surface area contributed by atoms with Gasteiger partial charge in [0.2, 0.25) is 0 Å². The van der Waals surface area contributed by atoms with E-state index in [-0.39, 0.29) is 38.4 Å². The smallest absolute Gasteiger partial charge is 0.349 e. The lowest BCUT2D eigenvalue weighted by Crippen LogP contribution is -2.54. The minimum atomic E-state index is -3.55. The zero-order chi connectivity index (χ0) is 23.2. The normalized spacial score (nSPS) is 16.2. The average molecular weight is 458 g/mol. The van der Waals surface area contributed by atoms with Gasteiger partial charge in [0, 0.05) is 19.5 Å². The van der Waals surface area contributed by atoms with Crippen LogP contribution in [0.4, 0.5) is 9.18 Å². The molecule has 2 rings (SSSR count). The highest BCUT2D eigenvalue weighted by atomic mass is 31.2. The number of esters is 1. The maximum absolute atomic E-state index is 13.7. The number of urea groups is 1. The first-order valence-electron chi connectivity index (χ1n) is 10.4. The fourth-order valence-corrected chi connectivity index (χ4v) is 5.32. The molecular weight excluding hydrogens is 426 g/mol. The Balaban J connectivity index is 2.38. The van der Waals surface area contributed by atoms with E-state index in [4.69, 9.17) is 13.8 Å². The molecule has 1 aromatic rings. The Kier molecular flexibility index (Phi) is 9.03. The van der Waals surface area contributed by atoms with Crippen LogP contribution < -0.4 is 0 Å². The summed E-state index contributed by atoms with van der Waals surface area (Å²) in [6.45, 7) is 8.02. The molecule has 0 saturated carbocycles. The fourth-order valence-electron chi connectivity index (χ4n) is 3.64. The van der Waals surface area contributed by atoms with Crippen LogP contribution in [0.15, 0.2) is 18.2 Å². The van der Waals surface area contributed by atoms with Crippen molar-refractivity contribution in [1.29, 1.82) is 0 Å². The quantitative estimate of drug-likeness (QED) is 0.410. The molecule has 10 heteroatoms. The minimum Gasteiger partial charge on any atom is -0.467 e. The fraction of sp³-hybridized carbons (Fsp3) is 0.619. The number of benzene rings is 1. The summed E-state index contributed by atoms with van der Waals surface area (Å²) in [5, 5.41) is 0. The second-order valence-electron chi connectivity index (χ2n) is 7.77. The van der Waals surface area contributed by atoms with Gasteiger partial charge in [-0.2, -0.15) is 0 Å². The van der Waals surface area contributed by atoms with E-state index in [2.05, 4.69) is 0 Å². The summed E-state index contributed by atoms with van der Waals surface area (Å²) in [4.78, 5) is 28.8. The average Bonchev–Trinajstić information content (AvgIpc) is 2.71. The van der Waals surface area contributed by atoms with E-state index < -0.39 is 31.5 Å². The molecule has 1 aliphatic rings. The van der Waals surface area contributed by atoms with E-state index in [0.717, 1.165) is 5.56 Å². The van der Waals surface area contributed by atoms with Crippen molar-refractivity contribution in [3.63, 3.8) is 0 Å². The molecule has 0 spiro atoms. The van der Waals surface area contributed by atoms with Gasteiger partial charge in [0.05, 0.1) is 20.3 Å². The van der Waals surface area contributed by atoms with E-state index in [1.165, 1.54) is 29.0 Å². The first-order valence-corrected chi connectivity index (χ1v) is 12.2. The van der Waals surface area contributed by atoms with E-state index in [1.807, 2.05) is 13.8 Å². The van der Waals surface area contributed by atoms with Gasteiger partial charge in [-0.15, -0.1) is 0 Å². The summed E-state index contributed by atoms with van der Waals surface area (Å²) in [7, 11) is -2.30. The molecule has 0 radical (unpaired) electrons. The van der Waals surface area contributed by atoms with Crippen LogP contribution in [-0.4, -0.2) is 61.0 Å². The molecule has 2 amide bonds. The summed E-state index contributed by atoms with van der Waals surface area (Å²) in [5.74, 6) is -0.924. The van der Waals surface area contributed by atoms with E-state index in [1.54, 1.807) is 19.9 Å². The van der Waals surface area contributed by atoms with E-state index in [9.17, 15) is 18.5 Å². The Morgan fingerprint density at radius 2 is 1.87 bits per heavy atom. The lowest BCUT2D eigenvalue weighted by molar-refractivity contribution is -0.146. The van der Waals surface area contributed by atoms with Gasteiger partial charge in [0.1, 0.15) is 18.1 Å². The van der Waals surface area contributed by atoms with Crippen LogP contribution in [-0.2, 0) is 36.1 Å². The summed E-state index contributed by atoms with van der Waals surface area (Å²) in [6.07, 6.45) is -0.0953. The summed E-state index contributed by atoms with van der Waals surface area (Å²) < 4.78 is 42.5. The number of carbonyl (C=O) groups excluding carboxylic acids is 2. The number of carbonyl (C=O) groups is 2. The van der Waals surface area contributed by atoms with Crippen molar-refractivity contribution in [2.24, 2.45) is 5.92 Å². The maximum Gasteiger partial charge on any atom is 0.349 e. The Labute approximate surface area is 183 Å². The van der Waals surface area contributed by atoms with Crippen LogP contribution in [0.1, 0.15) is 38.8 Å². The van der Waals surface area contributed by atoms with Crippen molar-refractivity contribution in [1.82, 2.24) is 9.80 Å². The predicted octanol–water partition coefficient (Wildman–Crippen LogP) is 4.03. The molecule has 174 valence electrons. The second kappa shape index (κ2) is 11.1. The number of ether oxygens (including phenoxy) is 1. The standard InChI is InChI=1S/C21H32FN2O6P/c1-6-29-31(27,30-7-2)14-23(12-15(3)4)21(26)24-13-16-8-9-18(22)10-17(16)11-19(24)20(25)28-5/h8-10,15,19H,6-7,11-14H2,1-5H3. The number of hydrogen-bond donors (Lipinski definition) is 0. The third-order valence-electron chi connectivity index (χ3n) is 4.87. The lowest BCUT2D eigenvalue weighted by Gasteiger charge is -2.39. The number of hydrogen-bond acceptors (Lipinski definition) is 6. The van der Waals surface area contributed by atoms with Gasteiger partial charge in [-0.1, -0.05) is 19.9 Å². The number of halogens is 1. The van der Waals surface area contributed by atoms with E-state index >= 15 is 0 Å². The minimum absolute atomic E-state index is 0.0726. The zero-order valence-corrected chi connectivity index (χ0v) is 19.7. The van der Waals surface area contributed by atoms with Gasteiger partial charge >= 0.3 is 19.6 Å². The first kappa shape index (κ1) is 25.3. The van der Waals surface area contributed by atoms with Crippen molar-refractivity contribution in [3.05, 3.63) is 35.1 Å². The topological polar surface area (TPSA) is 85.4 Å². The van der Waals surface area contributed by atoms with Crippen molar-refractivity contribution >= 4 is 19.6 Å². The third-order valence-corrected chi connectivity index (χ3v) is 6.86. The van der Waals surface area contributed by atoms with Gasteiger partial charge < -0.3 is 23.6 Å². The monoisotopic (exact) mass is 458 g/mol. The number of amides is 2. The number of methoxy groups -OCH3 is 1. The summed E-state index contributed by atoms with van der Waals surface area (Å²) in [5.41, 5.74) is 1.40. The van der Waals surface area contributed by atoms with Crippen molar-refractivity contribution in [2.45, 2.75) is 46.7 Å². The van der Waals surface area contributed by atoms with Crippen LogP contribution in [0.5, 0.6) is 0 Å². The van der Waals surface area contributed by atoms with E-state index in [0.29, 0.717) is 12.1 Å². The Morgan fingerprint density at radius 1 is 1.23 bits per heavy atom. The van der Waals surface area contributed by atoms with Crippen molar-refractivity contribution in [3.8, 4) is 0 Å². The molecule has 0 aliphatic carbocycles. The molecule has 1 unspecified atom stereocenters. The Morgan fingerprint density at radius 3 is 2.42 bits per heavy atom. The SMILES string of the molecule is CCOP(=O)(CN(CC(C)C)C(=O)N1Cc2ccc(F)cc2CC1C(=O)OC)OCC. The molecule has 0 fully saturated rings. The maximum atomic E-state index is 13.7. The number of rotatable bonds is 9. The highest BCUT2D eigenvalue weighted by molar-refractivity contribution is 7.53. The molecule has 8 nitrogen and oxygen atoms in total. The molecule has 0 aromatic heterocycles. The second-order valence-corrected chi connectivity index (χ2v) is 9.79. The molecule has 1 atom stereocenters. The predicted molar refractivity (Wildman–Crippen MR) is 114 cm³/mol. The van der Waals surface area contributed by atoms with Crippen molar-refractivity contribution < 1.29 is 32.3 Å².